The highest BCUT2D eigenvalue weighted by atomic mass is 16.3. The molecule has 14 heavy (non-hydrogen) atoms. The Bertz CT molecular complexity index is 434. The molecule has 2 unspecified atom stereocenters. The van der Waals surface area contributed by atoms with Crippen molar-refractivity contribution in [3.05, 3.63) is 33.1 Å². The summed E-state index contributed by atoms with van der Waals surface area (Å²) < 4.78 is 1.48. The molecule has 1 fully saturated rings. The number of nitrogens with one attached hydrogen (secondary N) is 1. The van der Waals surface area contributed by atoms with Crippen molar-refractivity contribution in [2.24, 2.45) is 0 Å². The number of nitrogens with zero attached hydrogens (tertiary/aromatic N) is 1. The Morgan fingerprint density at radius 3 is 2.79 bits per heavy atom. The second kappa shape index (κ2) is 3.42. The highest BCUT2D eigenvalue weighted by molar-refractivity contribution is 4.89. The number of aromatic nitrogens is 2. The van der Waals surface area contributed by atoms with Crippen LogP contribution >= 0.6 is 0 Å². The molecule has 76 valence electrons. The minimum Gasteiger partial charge on any atom is -0.393 e. The van der Waals surface area contributed by atoms with Crippen LogP contribution in [0.15, 0.2) is 21.9 Å². The predicted molar refractivity (Wildman–Crippen MR) is 50.2 cm³/mol. The van der Waals surface area contributed by atoms with E-state index in [4.69, 9.17) is 0 Å². The van der Waals surface area contributed by atoms with Crippen LogP contribution < -0.4 is 11.2 Å². The highest BCUT2D eigenvalue weighted by Gasteiger charge is 2.24. The van der Waals surface area contributed by atoms with E-state index in [2.05, 4.69) is 4.98 Å². The van der Waals surface area contributed by atoms with E-state index in [1.165, 1.54) is 16.8 Å². The zero-order valence-corrected chi connectivity index (χ0v) is 7.64. The summed E-state index contributed by atoms with van der Waals surface area (Å²) in [5.74, 6) is 0. The Hall–Kier alpha value is -1.36. The number of hydrogen-bond donors (Lipinski definition) is 2. The van der Waals surface area contributed by atoms with Crippen molar-refractivity contribution < 1.29 is 5.11 Å². The smallest absolute Gasteiger partial charge is 0.328 e. The fourth-order valence-electron chi connectivity index (χ4n) is 1.90. The van der Waals surface area contributed by atoms with Crippen molar-refractivity contribution in [2.75, 3.05) is 0 Å². The lowest BCUT2D eigenvalue weighted by Gasteiger charge is -2.11. The number of aliphatic hydroxyl groups is 1. The molecule has 0 saturated heterocycles. The maximum absolute atomic E-state index is 11.4. The molecule has 1 aliphatic rings. The molecule has 0 radical (unpaired) electrons. The minimum atomic E-state index is -0.392. The summed E-state index contributed by atoms with van der Waals surface area (Å²) in [5.41, 5.74) is -0.776. The Labute approximate surface area is 80.0 Å². The van der Waals surface area contributed by atoms with Crippen LogP contribution in [0.3, 0.4) is 0 Å². The SMILES string of the molecule is O=c1ccn(C2CCC(O)C2)c(=O)[nH]1. The molecule has 1 aromatic heterocycles. The van der Waals surface area contributed by atoms with E-state index in [9.17, 15) is 14.7 Å². The summed E-state index contributed by atoms with van der Waals surface area (Å²) in [6.45, 7) is 0. The predicted octanol–water partition coefficient (Wildman–Crippen LogP) is -0.378. The third kappa shape index (κ3) is 1.63. The van der Waals surface area contributed by atoms with E-state index in [-0.39, 0.29) is 17.7 Å². The van der Waals surface area contributed by atoms with Crippen LogP contribution in [0, 0.1) is 0 Å². The van der Waals surface area contributed by atoms with E-state index in [1.54, 1.807) is 0 Å². The lowest BCUT2D eigenvalue weighted by atomic mass is 10.2. The molecule has 0 aliphatic heterocycles. The monoisotopic (exact) mass is 196 g/mol. The van der Waals surface area contributed by atoms with E-state index in [0.717, 1.165) is 12.8 Å². The third-order valence-electron chi connectivity index (χ3n) is 2.62. The minimum absolute atomic E-state index is 0.0225. The molecule has 5 nitrogen and oxygen atoms in total. The fraction of sp³-hybridized carbons (Fsp3) is 0.556. The molecule has 0 amide bonds. The van der Waals surface area contributed by atoms with Crippen molar-refractivity contribution in [1.82, 2.24) is 9.55 Å². The quantitative estimate of drug-likeness (QED) is 0.643. The lowest BCUT2D eigenvalue weighted by Crippen LogP contribution is -2.30. The van der Waals surface area contributed by atoms with Gasteiger partial charge < -0.3 is 5.11 Å². The number of aliphatic hydroxyl groups excluding tert-OH is 1. The fourth-order valence-corrected chi connectivity index (χ4v) is 1.90. The maximum atomic E-state index is 11.4. The zero-order chi connectivity index (χ0) is 10.1. The van der Waals surface area contributed by atoms with Gasteiger partial charge in [0, 0.05) is 18.3 Å². The van der Waals surface area contributed by atoms with Gasteiger partial charge in [-0.25, -0.2) is 4.79 Å². The van der Waals surface area contributed by atoms with Crippen LogP contribution in [0.5, 0.6) is 0 Å². The molecule has 1 aromatic rings. The van der Waals surface area contributed by atoms with E-state index < -0.39 is 5.69 Å². The first-order chi connectivity index (χ1) is 6.66. The van der Waals surface area contributed by atoms with Crippen molar-refractivity contribution in [3.63, 3.8) is 0 Å². The standard InChI is InChI=1S/C9H12N2O3/c12-7-2-1-6(5-7)11-4-3-8(13)10-9(11)14/h3-4,6-7,12H,1-2,5H2,(H,10,13,14). The molecule has 0 bridgehead atoms. The second-order valence-corrected chi connectivity index (χ2v) is 3.64. The summed E-state index contributed by atoms with van der Waals surface area (Å²) in [4.78, 5) is 24.4. The van der Waals surface area contributed by atoms with Crippen LogP contribution in [-0.4, -0.2) is 20.8 Å². The first-order valence-electron chi connectivity index (χ1n) is 4.66. The lowest BCUT2D eigenvalue weighted by molar-refractivity contribution is 0.177. The summed E-state index contributed by atoms with van der Waals surface area (Å²) in [6, 6.07) is 1.35. The van der Waals surface area contributed by atoms with Crippen LogP contribution in [0.2, 0.25) is 0 Å². The van der Waals surface area contributed by atoms with Gasteiger partial charge in [-0.1, -0.05) is 0 Å². The molecule has 1 aliphatic carbocycles. The van der Waals surface area contributed by atoms with Crippen LogP contribution in [0.25, 0.3) is 0 Å². The van der Waals surface area contributed by atoms with Crippen molar-refractivity contribution in [3.8, 4) is 0 Å². The Morgan fingerprint density at radius 1 is 1.43 bits per heavy atom. The average Bonchev–Trinajstić information content (AvgIpc) is 2.51. The normalized spacial score (nSPS) is 26.6. The number of rotatable bonds is 1. The molecule has 2 N–H and O–H groups in total. The molecular formula is C9H12N2O3. The Morgan fingerprint density at radius 2 is 2.21 bits per heavy atom. The van der Waals surface area contributed by atoms with E-state index in [0.29, 0.717) is 6.42 Å². The molecule has 1 saturated carbocycles. The second-order valence-electron chi connectivity index (χ2n) is 3.64. The Kier molecular flexibility index (Phi) is 2.25. The van der Waals surface area contributed by atoms with Crippen LogP contribution in [-0.2, 0) is 0 Å². The van der Waals surface area contributed by atoms with Gasteiger partial charge in [-0.15, -0.1) is 0 Å². The largest absolute Gasteiger partial charge is 0.393 e. The van der Waals surface area contributed by atoms with Crippen molar-refractivity contribution in [1.29, 1.82) is 0 Å². The molecular weight excluding hydrogens is 184 g/mol. The van der Waals surface area contributed by atoms with Gasteiger partial charge in [-0.3, -0.25) is 14.3 Å². The van der Waals surface area contributed by atoms with Gasteiger partial charge in [0.25, 0.3) is 5.56 Å². The molecule has 2 rings (SSSR count). The van der Waals surface area contributed by atoms with Gasteiger partial charge in [0.1, 0.15) is 0 Å². The number of hydrogen-bond acceptors (Lipinski definition) is 3. The molecule has 0 aromatic carbocycles. The average molecular weight is 196 g/mol. The van der Waals surface area contributed by atoms with Crippen LogP contribution in [0.1, 0.15) is 25.3 Å². The van der Waals surface area contributed by atoms with Gasteiger partial charge >= 0.3 is 5.69 Å². The van der Waals surface area contributed by atoms with E-state index in [1.807, 2.05) is 0 Å². The van der Waals surface area contributed by atoms with Gasteiger partial charge in [0.05, 0.1) is 6.10 Å². The number of H-pyrrole nitrogens is 1. The summed E-state index contributed by atoms with van der Waals surface area (Å²) in [5, 5.41) is 9.32. The van der Waals surface area contributed by atoms with Gasteiger partial charge in [-0.05, 0) is 19.3 Å². The molecule has 5 heteroatoms. The van der Waals surface area contributed by atoms with Crippen LogP contribution in [0.4, 0.5) is 0 Å². The topological polar surface area (TPSA) is 75.1 Å². The van der Waals surface area contributed by atoms with Crippen molar-refractivity contribution in [2.45, 2.75) is 31.4 Å². The first-order valence-corrected chi connectivity index (χ1v) is 4.66. The van der Waals surface area contributed by atoms with Crippen molar-refractivity contribution >= 4 is 0 Å². The first kappa shape index (κ1) is 9.21. The zero-order valence-electron chi connectivity index (χ0n) is 7.64. The maximum Gasteiger partial charge on any atom is 0.328 e. The summed E-state index contributed by atoms with van der Waals surface area (Å²) in [6.07, 6.45) is 3.26. The molecule has 2 atom stereocenters. The number of aromatic amines is 1. The van der Waals surface area contributed by atoms with Gasteiger partial charge in [-0.2, -0.15) is 0 Å². The van der Waals surface area contributed by atoms with Gasteiger partial charge in [0.15, 0.2) is 0 Å². The van der Waals surface area contributed by atoms with Gasteiger partial charge in [0.2, 0.25) is 0 Å². The Balaban J connectivity index is 2.33. The highest BCUT2D eigenvalue weighted by Crippen LogP contribution is 2.28. The summed E-state index contributed by atoms with van der Waals surface area (Å²) in [7, 11) is 0. The summed E-state index contributed by atoms with van der Waals surface area (Å²) >= 11 is 0. The third-order valence-corrected chi connectivity index (χ3v) is 2.62. The molecule has 1 heterocycles. The van der Waals surface area contributed by atoms with E-state index >= 15 is 0 Å². The molecule has 0 spiro atoms.